The van der Waals surface area contributed by atoms with E-state index in [1.165, 1.54) is 0 Å². The number of rotatable bonds is 3. The fourth-order valence-electron chi connectivity index (χ4n) is 1.37. The summed E-state index contributed by atoms with van der Waals surface area (Å²) in [5.74, 6) is -0.663. The minimum absolute atomic E-state index is 0.102. The van der Waals surface area contributed by atoms with Gasteiger partial charge in [-0.15, -0.1) is 0 Å². The summed E-state index contributed by atoms with van der Waals surface area (Å²) in [6, 6.07) is 0. The van der Waals surface area contributed by atoms with Crippen molar-refractivity contribution in [2.24, 2.45) is 5.92 Å². The molecule has 1 rings (SSSR count). The maximum atomic E-state index is 8.74. The highest BCUT2D eigenvalue weighted by atomic mass is 16.7. The number of aliphatic hydroxyl groups excluding tert-OH is 1. The fourth-order valence-corrected chi connectivity index (χ4v) is 1.37. The summed E-state index contributed by atoms with van der Waals surface area (Å²) < 4.78 is 10.1. The van der Waals surface area contributed by atoms with Crippen molar-refractivity contribution >= 4 is 0 Å². The number of methoxy groups -OCH3 is 2. The molecule has 4 nitrogen and oxygen atoms in total. The van der Waals surface area contributed by atoms with E-state index in [0.29, 0.717) is 12.8 Å². The van der Waals surface area contributed by atoms with Crippen LogP contribution < -0.4 is 0 Å². The minimum Gasteiger partial charge on any atom is -0.368 e. The molecule has 4 heteroatoms. The highest BCUT2D eigenvalue weighted by Crippen LogP contribution is 2.42. The van der Waals surface area contributed by atoms with E-state index in [-0.39, 0.29) is 5.92 Å². The van der Waals surface area contributed by atoms with Gasteiger partial charge in [0, 0.05) is 33.0 Å². The smallest absolute Gasteiger partial charge is 0.168 e. The molecule has 0 spiro atoms. The normalized spacial score (nSPS) is 23.7. The lowest BCUT2D eigenvalue weighted by Crippen LogP contribution is -2.51. The van der Waals surface area contributed by atoms with Crippen LogP contribution in [-0.2, 0) is 9.47 Å². The number of hydrogen-bond donors (Lipinski definition) is 2. The van der Waals surface area contributed by atoms with Gasteiger partial charge in [-0.1, -0.05) is 0 Å². The van der Waals surface area contributed by atoms with Crippen molar-refractivity contribution in [3.63, 3.8) is 0 Å². The minimum atomic E-state index is -1.24. The zero-order valence-corrected chi connectivity index (χ0v) is 6.78. The van der Waals surface area contributed by atoms with E-state index < -0.39 is 12.1 Å². The Morgan fingerprint density at radius 3 is 2.00 bits per heavy atom. The highest BCUT2D eigenvalue weighted by molar-refractivity contribution is 4.88. The molecule has 11 heavy (non-hydrogen) atoms. The quantitative estimate of drug-likeness (QED) is 0.559. The van der Waals surface area contributed by atoms with Crippen LogP contribution in [0.5, 0.6) is 0 Å². The van der Waals surface area contributed by atoms with Crippen LogP contribution >= 0.6 is 0 Å². The van der Waals surface area contributed by atoms with E-state index in [9.17, 15) is 0 Å². The predicted molar refractivity (Wildman–Crippen MR) is 37.7 cm³/mol. The maximum absolute atomic E-state index is 8.74. The molecule has 1 saturated carbocycles. The van der Waals surface area contributed by atoms with Crippen LogP contribution in [0.3, 0.4) is 0 Å². The molecule has 0 aliphatic heterocycles. The van der Waals surface area contributed by atoms with Crippen LogP contribution in [-0.4, -0.2) is 36.5 Å². The van der Waals surface area contributed by atoms with Crippen LogP contribution in [0.2, 0.25) is 0 Å². The summed E-state index contributed by atoms with van der Waals surface area (Å²) >= 11 is 0. The Balaban J connectivity index is 2.35. The van der Waals surface area contributed by atoms with Crippen LogP contribution in [0.4, 0.5) is 0 Å². The summed E-state index contributed by atoms with van der Waals surface area (Å²) in [6.07, 6.45) is -0.136. The van der Waals surface area contributed by atoms with Crippen molar-refractivity contribution in [2.45, 2.75) is 24.9 Å². The van der Waals surface area contributed by atoms with Gasteiger partial charge in [-0.2, -0.15) is 0 Å². The van der Waals surface area contributed by atoms with Crippen molar-refractivity contribution < 1.29 is 19.7 Å². The molecule has 1 aliphatic carbocycles. The monoisotopic (exact) mass is 162 g/mol. The lowest BCUT2D eigenvalue weighted by molar-refractivity contribution is -0.297. The third kappa shape index (κ3) is 1.54. The number of hydrogen-bond acceptors (Lipinski definition) is 4. The molecular weight excluding hydrogens is 148 g/mol. The zero-order chi connectivity index (χ0) is 8.48. The SMILES string of the molecule is COC1(OC)CC(C(O)O)C1. The summed E-state index contributed by atoms with van der Waals surface area (Å²) in [7, 11) is 3.12. The second kappa shape index (κ2) is 3.06. The zero-order valence-electron chi connectivity index (χ0n) is 6.78. The Morgan fingerprint density at radius 1 is 1.27 bits per heavy atom. The Labute approximate surface area is 65.7 Å². The highest BCUT2D eigenvalue weighted by Gasteiger charge is 2.47. The Hall–Kier alpha value is -0.160. The molecule has 0 amide bonds. The van der Waals surface area contributed by atoms with Crippen LogP contribution in [0.15, 0.2) is 0 Å². The molecule has 0 unspecified atom stereocenters. The maximum Gasteiger partial charge on any atom is 0.168 e. The molecule has 0 heterocycles. The van der Waals surface area contributed by atoms with E-state index in [2.05, 4.69) is 0 Å². The van der Waals surface area contributed by atoms with Gasteiger partial charge in [-0.3, -0.25) is 0 Å². The second-order valence-corrected chi connectivity index (χ2v) is 2.90. The first kappa shape index (κ1) is 8.93. The Bertz CT molecular complexity index is 122. The average Bonchev–Trinajstić information content (AvgIpc) is 1.87. The van der Waals surface area contributed by atoms with Gasteiger partial charge in [0.25, 0.3) is 0 Å². The first-order valence-electron chi connectivity index (χ1n) is 3.60. The Morgan fingerprint density at radius 2 is 1.73 bits per heavy atom. The van der Waals surface area contributed by atoms with Gasteiger partial charge in [0.1, 0.15) is 0 Å². The molecular formula is C7H14O4. The molecule has 0 atom stereocenters. The van der Waals surface area contributed by atoms with E-state index >= 15 is 0 Å². The first-order chi connectivity index (χ1) is 5.13. The van der Waals surface area contributed by atoms with Crippen LogP contribution in [0, 0.1) is 5.92 Å². The molecule has 0 saturated heterocycles. The lowest BCUT2D eigenvalue weighted by Gasteiger charge is -2.45. The molecule has 0 aromatic heterocycles. The van der Waals surface area contributed by atoms with E-state index in [1.54, 1.807) is 14.2 Å². The van der Waals surface area contributed by atoms with E-state index in [4.69, 9.17) is 19.7 Å². The summed E-state index contributed by atoms with van der Waals surface area (Å²) in [5, 5.41) is 17.5. The largest absolute Gasteiger partial charge is 0.368 e. The lowest BCUT2D eigenvalue weighted by atomic mass is 9.78. The van der Waals surface area contributed by atoms with E-state index in [1.807, 2.05) is 0 Å². The summed E-state index contributed by atoms with van der Waals surface area (Å²) in [4.78, 5) is 0. The van der Waals surface area contributed by atoms with Gasteiger partial charge < -0.3 is 19.7 Å². The van der Waals surface area contributed by atoms with Gasteiger partial charge in [0.15, 0.2) is 12.1 Å². The number of ether oxygens (including phenoxy) is 2. The molecule has 0 aromatic carbocycles. The molecule has 0 bridgehead atoms. The molecule has 2 N–H and O–H groups in total. The molecule has 0 aromatic rings. The first-order valence-corrected chi connectivity index (χ1v) is 3.60. The van der Waals surface area contributed by atoms with Crippen molar-refractivity contribution in [2.75, 3.05) is 14.2 Å². The van der Waals surface area contributed by atoms with Crippen molar-refractivity contribution in [3.05, 3.63) is 0 Å². The number of aliphatic hydroxyl groups is 2. The standard InChI is InChI=1S/C7H14O4/c1-10-7(11-2)3-5(4-7)6(8)9/h5-6,8-9H,3-4H2,1-2H3. The average molecular weight is 162 g/mol. The van der Waals surface area contributed by atoms with Gasteiger partial charge in [0.2, 0.25) is 0 Å². The predicted octanol–water partition coefficient (Wildman–Crippen LogP) is -0.304. The summed E-state index contributed by atoms with van der Waals surface area (Å²) in [6.45, 7) is 0. The van der Waals surface area contributed by atoms with Crippen molar-refractivity contribution in [1.82, 2.24) is 0 Å². The third-order valence-corrected chi connectivity index (χ3v) is 2.31. The topological polar surface area (TPSA) is 58.9 Å². The van der Waals surface area contributed by atoms with Gasteiger partial charge in [0.05, 0.1) is 0 Å². The van der Waals surface area contributed by atoms with Crippen molar-refractivity contribution in [1.29, 1.82) is 0 Å². The van der Waals surface area contributed by atoms with Gasteiger partial charge in [-0.05, 0) is 0 Å². The molecule has 1 fully saturated rings. The van der Waals surface area contributed by atoms with Crippen LogP contribution in [0.25, 0.3) is 0 Å². The molecule has 66 valence electrons. The summed E-state index contributed by atoms with van der Waals surface area (Å²) in [5.41, 5.74) is 0. The molecule has 1 aliphatic rings. The van der Waals surface area contributed by atoms with Crippen LogP contribution in [0.1, 0.15) is 12.8 Å². The second-order valence-electron chi connectivity index (χ2n) is 2.90. The van der Waals surface area contributed by atoms with Gasteiger partial charge in [-0.25, -0.2) is 0 Å². The fraction of sp³-hybridized carbons (Fsp3) is 1.00. The molecule has 0 radical (unpaired) electrons. The van der Waals surface area contributed by atoms with Crippen molar-refractivity contribution in [3.8, 4) is 0 Å². The third-order valence-electron chi connectivity index (χ3n) is 2.31. The van der Waals surface area contributed by atoms with Gasteiger partial charge >= 0.3 is 0 Å². The Kier molecular flexibility index (Phi) is 2.49. The van der Waals surface area contributed by atoms with E-state index in [0.717, 1.165) is 0 Å².